The summed E-state index contributed by atoms with van der Waals surface area (Å²) < 4.78 is 32.0. The molecule has 2 atom stereocenters. The highest BCUT2D eigenvalue weighted by molar-refractivity contribution is 7.89. The minimum atomic E-state index is -3.53. The van der Waals surface area contributed by atoms with Crippen LogP contribution in [0.5, 0.6) is 5.75 Å². The molecule has 1 aliphatic carbocycles. The van der Waals surface area contributed by atoms with Crippen LogP contribution in [0.15, 0.2) is 23.1 Å². The molecule has 0 bridgehead atoms. The van der Waals surface area contributed by atoms with Crippen molar-refractivity contribution in [3.63, 3.8) is 0 Å². The summed E-state index contributed by atoms with van der Waals surface area (Å²) in [5.41, 5.74) is 0.590. The molecule has 21 heavy (non-hydrogen) atoms. The van der Waals surface area contributed by atoms with Crippen LogP contribution in [0.4, 0.5) is 0 Å². The molecule has 118 valence electrons. The highest BCUT2D eigenvalue weighted by atomic mass is 32.2. The smallest absolute Gasteiger partial charge is 0.243 e. The van der Waals surface area contributed by atoms with Gasteiger partial charge in [-0.3, -0.25) is 0 Å². The van der Waals surface area contributed by atoms with Gasteiger partial charge in [-0.05, 0) is 48.4 Å². The van der Waals surface area contributed by atoms with Gasteiger partial charge < -0.3 is 9.84 Å². The SMILES string of the molecule is COc1ccc(S(=O)(=O)N(C)CC2CC2C)c(CCO)c1. The van der Waals surface area contributed by atoms with Gasteiger partial charge in [-0.1, -0.05) is 6.92 Å². The van der Waals surface area contributed by atoms with E-state index in [-0.39, 0.29) is 11.5 Å². The number of rotatable bonds is 7. The number of nitrogens with zero attached hydrogens (tertiary/aromatic N) is 1. The molecule has 5 nitrogen and oxygen atoms in total. The topological polar surface area (TPSA) is 66.8 Å². The summed E-state index contributed by atoms with van der Waals surface area (Å²) in [7, 11) is -0.376. The molecular weight excluding hydrogens is 290 g/mol. The van der Waals surface area contributed by atoms with Crippen molar-refractivity contribution in [2.75, 3.05) is 27.3 Å². The number of hydrogen-bond acceptors (Lipinski definition) is 4. The standard InChI is InChI=1S/C15H23NO4S/c1-11-8-13(11)10-16(2)21(18,19)15-5-4-14(20-3)9-12(15)6-7-17/h4-5,9,11,13,17H,6-8,10H2,1-3H3. The number of methoxy groups -OCH3 is 1. The molecule has 6 heteroatoms. The summed E-state index contributed by atoms with van der Waals surface area (Å²) >= 11 is 0. The number of sulfonamides is 1. The molecule has 2 rings (SSSR count). The predicted molar refractivity (Wildman–Crippen MR) is 80.9 cm³/mol. The Morgan fingerprint density at radius 2 is 2.10 bits per heavy atom. The number of aliphatic hydroxyl groups is 1. The fourth-order valence-corrected chi connectivity index (χ4v) is 3.96. The van der Waals surface area contributed by atoms with E-state index in [1.54, 1.807) is 25.2 Å². The second-order valence-corrected chi connectivity index (χ2v) is 7.72. The Kier molecular flexibility index (Phi) is 4.91. The van der Waals surface area contributed by atoms with Crippen molar-refractivity contribution in [1.82, 2.24) is 4.31 Å². The molecule has 0 aliphatic heterocycles. The van der Waals surface area contributed by atoms with Gasteiger partial charge >= 0.3 is 0 Å². The van der Waals surface area contributed by atoms with Gasteiger partial charge in [0.15, 0.2) is 0 Å². The molecular formula is C15H23NO4S. The molecule has 0 amide bonds. The Bertz CT molecular complexity index is 600. The van der Waals surface area contributed by atoms with E-state index in [0.717, 1.165) is 6.42 Å². The van der Waals surface area contributed by atoms with Crippen LogP contribution in [0.1, 0.15) is 18.9 Å². The van der Waals surface area contributed by atoms with Crippen molar-refractivity contribution in [1.29, 1.82) is 0 Å². The lowest BCUT2D eigenvalue weighted by atomic mass is 10.1. The third-order valence-corrected chi connectivity index (χ3v) is 6.03. The van der Waals surface area contributed by atoms with E-state index in [1.165, 1.54) is 11.4 Å². The van der Waals surface area contributed by atoms with Crippen LogP contribution < -0.4 is 4.74 Å². The molecule has 0 spiro atoms. The van der Waals surface area contributed by atoms with Crippen molar-refractivity contribution in [3.8, 4) is 5.75 Å². The Morgan fingerprint density at radius 3 is 2.62 bits per heavy atom. The first-order valence-corrected chi connectivity index (χ1v) is 8.58. The Balaban J connectivity index is 2.29. The molecule has 1 aliphatic rings. The summed E-state index contributed by atoms with van der Waals surface area (Å²) in [6.07, 6.45) is 1.38. The first-order chi connectivity index (χ1) is 9.90. The van der Waals surface area contributed by atoms with Crippen LogP contribution in [-0.4, -0.2) is 45.1 Å². The lowest BCUT2D eigenvalue weighted by Crippen LogP contribution is -2.30. The van der Waals surface area contributed by atoms with Crippen molar-refractivity contribution in [2.24, 2.45) is 11.8 Å². The highest BCUT2D eigenvalue weighted by Crippen LogP contribution is 2.39. The van der Waals surface area contributed by atoms with Crippen LogP contribution in [0.25, 0.3) is 0 Å². The first-order valence-electron chi connectivity index (χ1n) is 7.14. The third-order valence-electron chi connectivity index (χ3n) is 4.10. The normalized spacial score (nSPS) is 21.6. The van der Waals surface area contributed by atoms with E-state index in [9.17, 15) is 8.42 Å². The second-order valence-electron chi connectivity index (χ2n) is 5.71. The van der Waals surface area contributed by atoms with E-state index >= 15 is 0 Å². The fourth-order valence-electron chi connectivity index (χ4n) is 2.50. The summed E-state index contributed by atoms with van der Waals surface area (Å²) in [5, 5.41) is 9.15. The molecule has 0 heterocycles. The molecule has 1 aromatic rings. The van der Waals surface area contributed by atoms with E-state index in [2.05, 4.69) is 6.92 Å². The zero-order valence-electron chi connectivity index (χ0n) is 12.7. The van der Waals surface area contributed by atoms with E-state index < -0.39 is 10.0 Å². The number of aliphatic hydroxyl groups excluding tert-OH is 1. The molecule has 1 fully saturated rings. The molecule has 0 aromatic heterocycles. The first kappa shape index (κ1) is 16.3. The van der Waals surface area contributed by atoms with Gasteiger partial charge in [0.2, 0.25) is 10.0 Å². The summed E-state index contributed by atoms with van der Waals surface area (Å²) in [4.78, 5) is 0.258. The van der Waals surface area contributed by atoms with Crippen molar-refractivity contribution < 1.29 is 18.3 Å². The van der Waals surface area contributed by atoms with Crippen LogP contribution in [0.3, 0.4) is 0 Å². The minimum Gasteiger partial charge on any atom is -0.497 e. The van der Waals surface area contributed by atoms with Crippen molar-refractivity contribution >= 4 is 10.0 Å². The molecule has 1 N–H and O–H groups in total. The molecule has 1 saturated carbocycles. The summed E-state index contributed by atoms with van der Waals surface area (Å²) in [6.45, 7) is 2.59. The van der Waals surface area contributed by atoms with Crippen LogP contribution in [0, 0.1) is 11.8 Å². The van der Waals surface area contributed by atoms with E-state index in [4.69, 9.17) is 9.84 Å². The van der Waals surface area contributed by atoms with E-state index in [0.29, 0.717) is 36.1 Å². The predicted octanol–water partition coefficient (Wildman–Crippen LogP) is 1.51. The van der Waals surface area contributed by atoms with Crippen LogP contribution >= 0.6 is 0 Å². The zero-order chi connectivity index (χ0) is 15.6. The van der Waals surface area contributed by atoms with E-state index in [1.807, 2.05) is 0 Å². The maximum Gasteiger partial charge on any atom is 0.243 e. The van der Waals surface area contributed by atoms with Gasteiger partial charge in [0, 0.05) is 20.2 Å². The molecule has 1 aromatic carbocycles. The molecule has 2 unspecified atom stereocenters. The fraction of sp³-hybridized carbons (Fsp3) is 0.600. The number of ether oxygens (including phenoxy) is 1. The van der Waals surface area contributed by atoms with Gasteiger partial charge in [0.25, 0.3) is 0 Å². The van der Waals surface area contributed by atoms with Gasteiger partial charge in [0.05, 0.1) is 12.0 Å². The van der Waals surface area contributed by atoms with Crippen molar-refractivity contribution in [3.05, 3.63) is 23.8 Å². The third kappa shape index (κ3) is 3.56. The average molecular weight is 313 g/mol. The largest absolute Gasteiger partial charge is 0.497 e. The van der Waals surface area contributed by atoms with Gasteiger partial charge in [-0.15, -0.1) is 0 Å². The quantitative estimate of drug-likeness (QED) is 0.828. The Labute approximate surface area is 126 Å². The maximum atomic E-state index is 12.7. The Hall–Kier alpha value is -1.11. The van der Waals surface area contributed by atoms with Gasteiger partial charge in [-0.2, -0.15) is 0 Å². The van der Waals surface area contributed by atoms with Gasteiger partial charge in [0.1, 0.15) is 5.75 Å². The lowest BCUT2D eigenvalue weighted by Gasteiger charge is -2.19. The monoisotopic (exact) mass is 313 g/mol. The van der Waals surface area contributed by atoms with Gasteiger partial charge in [-0.25, -0.2) is 12.7 Å². The second kappa shape index (κ2) is 6.34. The zero-order valence-corrected chi connectivity index (χ0v) is 13.6. The molecule has 0 radical (unpaired) electrons. The maximum absolute atomic E-state index is 12.7. The Morgan fingerprint density at radius 1 is 1.43 bits per heavy atom. The number of hydrogen-bond donors (Lipinski definition) is 1. The van der Waals surface area contributed by atoms with Crippen LogP contribution in [0.2, 0.25) is 0 Å². The number of benzene rings is 1. The highest BCUT2D eigenvalue weighted by Gasteiger charge is 2.36. The lowest BCUT2D eigenvalue weighted by molar-refractivity contribution is 0.298. The summed E-state index contributed by atoms with van der Waals surface area (Å²) in [6, 6.07) is 4.88. The molecule has 0 saturated heterocycles. The minimum absolute atomic E-state index is 0.0982. The summed E-state index contributed by atoms with van der Waals surface area (Å²) in [5.74, 6) is 1.66. The average Bonchev–Trinajstić information content (AvgIpc) is 3.14. The van der Waals surface area contributed by atoms with Crippen molar-refractivity contribution in [2.45, 2.75) is 24.7 Å². The van der Waals surface area contributed by atoms with Crippen LogP contribution in [-0.2, 0) is 16.4 Å².